The number of nitrogens with one attached hydrogen (secondary N) is 2. The van der Waals surface area contributed by atoms with Crippen molar-refractivity contribution in [3.05, 3.63) is 65.7 Å². The van der Waals surface area contributed by atoms with E-state index in [2.05, 4.69) is 41.8 Å². The normalized spacial score (nSPS) is 21.6. The number of hydrogen-bond acceptors (Lipinski definition) is 3. The number of piperazine rings is 1. The van der Waals surface area contributed by atoms with Crippen LogP contribution in [0.25, 0.3) is 0 Å². The van der Waals surface area contributed by atoms with Crippen molar-refractivity contribution in [1.29, 1.82) is 0 Å². The predicted molar refractivity (Wildman–Crippen MR) is 123 cm³/mol. The van der Waals surface area contributed by atoms with Crippen LogP contribution < -0.4 is 10.6 Å². The van der Waals surface area contributed by atoms with Crippen LogP contribution in [0.5, 0.6) is 0 Å². The van der Waals surface area contributed by atoms with Gasteiger partial charge in [-0.1, -0.05) is 49.4 Å². The number of amides is 3. The van der Waals surface area contributed by atoms with Crippen molar-refractivity contribution in [1.82, 2.24) is 15.1 Å². The van der Waals surface area contributed by atoms with Gasteiger partial charge in [0.2, 0.25) is 5.91 Å². The number of carbonyl (C=O) groups excluding carboxylic acids is 2. The van der Waals surface area contributed by atoms with Crippen LogP contribution in [0.2, 0.25) is 0 Å². The van der Waals surface area contributed by atoms with Crippen LogP contribution in [0.1, 0.15) is 30.4 Å². The minimum absolute atomic E-state index is 0.0146. The molecule has 6 heteroatoms. The summed E-state index contributed by atoms with van der Waals surface area (Å²) in [5.74, 6) is -0.103. The molecule has 2 unspecified atom stereocenters. The van der Waals surface area contributed by atoms with Crippen molar-refractivity contribution in [2.75, 3.05) is 44.6 Å². The molecule has 2 aliphatic rings. The van der Waals surface area contributed by atoms with Crippen LogP contribution in [0.15, 0.2) is 54.6 Å². The third kappa shape index (κ3) is 5.25. The van der Waals surface area contributed by atoms with Crippen molar-refractivity contribution >= 4 is 17.6 Å². The van der Waals surface area contributed by atoms with E-state index in [9.17, 15) is 9.59 Å². The molecule has 2 saturated heterocycles. The number of urea groups is 1. The number of carbonyl (C=O) groups is 2. The Morgan fingerprint density at radius 1 is 0.968 bits per heavy atom. The maximum Gasteiger partial charge on any atom is 0.320 e. The van der Waals surface area contributed by atoms with E-state index in [1.54, 1.807) is 0 Å². The molecule has 0 saturated carbocycles. The van der Waals surface area contributed by atoms with Gasteiger partial charge in [0, 0.05) is 50.9 Å². The molecule has 0 spiro atoms. The van der Waals surface area contributed by atoms with E-state index in [0.29, 0.717) is 26.2 Å². The van der Waals surface area contributed by atoms with Gasteiger partial charge in [0.15, 0.2) is 0 Å². The second kappa shape index (κ2) is 9.96. The first-order chi connectivity index (χ1) is 15.1. The van der Waals surface area contributed by atoms with E-state index in [4.69, 9.17) is 0 Å². The molecular weight excluding hydrogens is 388 g/mol. The molecule has 0 aliphatic carbocycles. The van der Waals surface area contributed by atoms with Crippen LogP contribution >= 0.6 is 0 Å². The lowest BCUT2D eigenvalue weighted by atomic mass is 9.83. The predicted octanol–water partition coefficient (Wildman–Crippen LogP) is 3.32. The summed E-state index contributed by atoms with van der Waals surface area (Å²) in [6.45, 7) is 6.33. The van der Waals surface area contributed by atoms with Gasteiger partial charge in [-0.05, 0) is 36.1 Å². The molecular formula is C25H32N4O2. The molecule has 2 heterocycles. The zero-order chi connectivity index (χ0) is 21.6. The number of piperidine rings is 1. The average Bonchev–Trinajstić information content (AvgIpc) is 2.84. The monoisotopic (exact) mass is 420 g/mol. The molecule has 2 aromatic carbocycles. The molecule has 164 valence electrons. The first-order valence-corrected chi connectivity index (χ1v) is 11.3. The van der Waals surface area contributed by atoms with Crippen LogP contribution in [-0.4, -0.2) is 61.0 Å². The van der Waals surface area contributed by atoms with Gasteiger partial charge in [-0.15, -0.1) is 0 Å². The van der Waals surface area contributed by atoms with Crippen molar-refractivity contribution in [3.63, 3.8) is 0 Å². The first-order valence-electron chi connectivity index (χ1n) is 11.3. The summed E-state index contributed by atoms with van der Waals surface area (Å²) in [6.07, 6.45) is 1.75. The zero-order valence-corrected chi connectivity index (χ0v) is 18.2. The van der Waals surface area contributed by atoms with Crippen LogP contribution in [0.4, 0.5) is 10.5 Å². The lowest BCUT2D eigenvalue weighted by Gasteiger charge is -2.40. The fraction of sp³-hybridized carbons (Fsp3) is 0.440. The number of hydrogen-bond donors (Lipinski definition) is 2. The third-order valence-electron chi connectivity index (χ3n) is 6.38. The topological polar surface area (TPSA) is 64.7 Å². The SMILES string of the molecule is CCc1ccc(C2CC(C(=O)Nc3ccccc3)CN(C(=O)N3CCNCC3)C2)cc1. The summed E-state index contributed by atoms with van der Waals surface area (Å²) in [7, 11) is 0. The van der Waals surface area contributed by atoms with Gasteiger partial charge in [-0.25, -0.2) is 4.79 Å². The maximum absolute atomic E-state index is 13.2. The lowest BCUT2D eigenvalue weighted by Crippen LogP contribution is -2.55. The van der Waals surface area contributed by atoms with E-state index in [1.165, 1.54) is 11.1 Å². The molecule has 31 heavy (non-hydrogen) atoms. The van der Waals surface area contributed by atoms with Gasteiger partial charge in [-0.3, -0.25) is 4.79 Å². The Morgan fingerprint density at radius 2 is 1.68 bits per heavy atom. The summed E-state index contributed by atoms with van der Waals surface area (Å²) < 4.78 is 0. The van der Waals surface area contributed by atoms with Crippen molar-refractivity contribution in [2.45, 2.75) is 25.7 Å². The molecule has 4 rings (SSSR count). The standard InChI is InChI=1S/C25H32N4O2/c1-2-19-8-10-20(11-9-19)21-16-22(24(30)27-23-6-4-3-5-7-23)18-29(17-21)25(31)28-14-12-26-13-15-28/h3-11,21-22,26H,2,12-18H2,1H3,(H,27,30). The largest absolute Gasteiger partial charge is 0.326 e. The third-order valence-corrected chi connectivity index (χ3v) is 6.38. The molecule has 2 atom stereocenters. The van der Waals surface area contributed by atoms with Crippen LogP contribution in [0.3, 0.4) is 0 Å². The van der Waals surface area contributed by atoms with E-state index < -0.39 is 0 Å². The van der Waals surface area contributed by atoms with E-state index >= 15 is 0 Å². The number of benzene rings is 2. The molecule has 2 aliphatic heterocycles. The highest BCUT2D eigenvalue weighted by Gasteiger charge is 2.36. The summed E-state index contributed by atoms with van der Waals surface area (Å²) in [5.41, 5.74) is 3.29. The second-order valence-corrected chi connectivity index (χ2v) is 8.50. The number of rotatable bonds is 4. The number of nitrogens with zero attached hydrogens (tertiary/aromatic N) is 2. The van der Waals surface area contributed by atoms with Crippen LogP contribution in [-0.2, 0) is 11.2 Å². The quantitative estimate of drug-likeness (QED) is 0.798. The van der Waals surface area contributed by atoms with Gasteiger partial charge in [0.1, 0.15) is 0 Å². The Balaban J connectivity index is 1.53. The van der Waals surface area contributed by atoms with Crippen molar-refractivity contribution in [2.24, 2.45) is 5.92 Å². The van der Waals surface area contributed by atoms with Gasteiger partial charge < -0.3 is 20.4 Å². The Morgan fingerprint density at radius 3 is 2.35 bits per heavy atom. The van der Waals surface area contributed by atoms with E-state index in [0.717, 1.165) is 31.6 Å². The fourth-order valence-electron chi connectivity index (χ4n) is 4.53. The lowest BCUT2D eigenvalue weighted by molar-refractivity contribution is -0.121. The Bertz CT molecular complexity index is 878. The molecule has 0 aromatic heterocycles. The first kappa shape index (κ1) is 21.4. The summed E-state index contributed by atoms with van der Waals surface area (Å²) in [4.78, 5) is 30.2. The zero-order valence-electron chi connectivity index (χ0n) is 18.2. The van der Waals surface area contributed by atoms with Gasteiger partial charge in [0.05, 0.1) is 5.92 Å². The van der Waals surface area contributed by atoms with Crippen molar-refractivity contribution in [3.8, 4) is 0 Å². The number of anilines is 1. The minimum atomic E-state index is -0.239. The van der Waals surface area contributed by atoms with Crippen molar-refractivity contribution < 1.29 is 9.59 Å². The highest BCUT2D eigenvalue weighted by molar-refractivity contribution is 5.93. The van der Waals surface area contributed by atoms with Gasteiger partial charge in [0.25, 0.3) is 0 Å². The second-order valence-electron chi connectivity index (χ2n) is 8.50. The highest BCUT2D eigenvalue weighted by atomic mass is 16.2. The summed E-state index contributed by atoms with van der Waals surface area (Å²) in [5, 5.41) is 6.34. The smallest absolute Gasteiger partial charge is 0.320 e. The van der Waals surface area contributed by atoms with Gasteiger partial charge in [-0.2, -0.15) is 0 Å². The molecule has 2 aromatic rings. The summed E-state index contributed by atoms with van der Waals surface area (Å²) >= 11 is 0. The van der Waals surface area contributed by atoms with Gasteiger partial charge >= 0.3 is 6.03 Å². The number of likely N-dealkylation sites (tertiary alicyclic amines) is 1. The molecule has 2 N–H and O–H groups in total. The Labute approximate surface area is 184 Å². The summed E-state index contributed by atoms with van der Waals surface area (Å²) in [6, 6.07) is 18.2. The maximum atomic E-state index is 13.2. The number of aryl methyl sites for hydroxylation is 1. The fourth-order valence-corrected chi connectivity index (χ4v) is 4.53. The number of para-hydroxylation sites is 1. The van der Waals surface area contributed by atoms with E-state index in [-0.39, 0.29) is 23.8 Å². The van der Waals surface area contributed by atoms with Crippen LogP contribution in [0, 0.1) is 5.92 Å². The highest BCUT2D eigenvalue weighted by Crippen LogP contribution is 2.32. The minimum Gasteiger partial charge on any atom is -0.326 e. The molecule has 6 nitrogen and oxygen atoms in total. The molecule has 0 radical (unpaired) electrons. The Kier molecular flexibility index (Phi) is 6.87. The molecule has 0 bridgehead atoms. The molecule has 2 fully saturated rings. The van der Waals surface area contributed by atoms with E-state index in [1.807, 2.05) is 40.1 Å². The average molecular weight is 421 g/mol. The Hall–Kier alpha value is -2.86. The molecule has 3 amide bonds.